The van der Waals surface area contributed by atoms with Crippen LogP contribution in [0.25, 0.3) is 0 Å². The summed E-state index contributed by atoms with van der Waals surface area (Å²) >= 11 is 1.47. The van der Waals surface area contributed by atoms with Crippen LogP contribution in [0.15, 0.2) is 48.4 Å². The monoisotopic (exact) mass is 419 g/mol. The maximum absolute atomic E-state index is 14.2. The van der Waals surface area contributed by atoms with Gasteiger partial charge in [-0.05, 0) is 36.6 Å². The minimum absolute atomic E-state index is 0.232. The molecule has 6 nitrogen and oxygen atoms in total. The number of rotatable bonds is 7. The summed E-state index contributed by atoms with van der Waals surface area (Å²) in [5.41, 5.74) is -2.10. The van der Waals surface area contributed by atoms with Crippen LogP contribution in [0.1, 0.15) is 17.4 Å². The number of nitrogens with zero attached hydrogens (tertiary/aromatic N) is 2. The first-order valence-corrected chi connectivity index (χ1v) is 9.65. The molecule has 1 aliphatic rings. The molecule has 0 bridgehead atoms. The van der Waals surface area contributed by atoms with Gasteiger partial charge in [0.05, 0.1) is 6.54 Å². The van der Waals surface area contributed by atoms with Gasteiger partial charge in [0.15, 0.2) is 0 Å². The number of carbonyl (C=O) groups excluding carboxylic acids is 3. The molecule has 1 saturated heterocycles. The van der Waals surface area contributed by atoms with Crippen molar-refractivity contribution in [3.63, 3.8) is 0 Å². The molecule has 0 unspecified atom stereocenters. The van der Waals surface area contributed by atoms with Gasteiger partial charge < -0.3 is 10.2 Å². The van der Waals surface area contributed by atoms with Crippen LogP contribution in [0, 0.1) is 11.6 Å². The lowest BCUT2D eigenvalue weighted by atomic mass is 9.91. The second-order valence-corrected chi connectivity index (χ2v) is 7.75. The SMILES string of the molecule is C=CCN(Cc1cccs1)C(=O)CN1C(=O)N[C@@](C)(c2cc(F)ccc2F)C1=O. The molecule has 0 radical (unpaired) electrons. The van der Waals surface area contributed by atoms with Crippen LogP contribution in [0.2, 0.25) is 0 Å². The molecule has 1 aliphatic heterocycles. The zero-order valence-corrected chi connectivity index (χ0v) is 16.5. The van der Waals surface area contributed by atoms with Gasteiger partial charge in [0.1, 0.15) is 23.7 Å². The van der Waals surface area contributed by atoms with Crippen LogP contribution in [0.5, 0.6) is 0 Å². The Bertz CT molecular complexity index is 964. The van der Waals surface area contributed by atoms with Crippen LogP contribution >= 0.6 is 11.3 Å². The molecule has 2 aromatic rings. The summed E-state index contributed by atoms with van der Waals surface area (Å²) in [7, 11) is 0. The van der Waals surface area contributed by atoms with Gasteiger partial charge >= 0.3 is 6.03 Å². The fourth-order valence-electron chi connectivity index (χ4n) is 3.14. The summed E-state index contributed by atoms with van der Waals surface area (Å²) in [6, 6.07) is 5.54. The van der Waals surface area contributed by atoms with Gasteiger partial charge in [-0.3, -0.25) is 14.5 Å². The predicted octanol–water partition coefficient (Wildman–Crippen LogP) is 3.01. The Morgan fingerprint density at radius 1 is 1.34 bits per heavy atom. The number of nitrogens with one attached hydrogen (secondary N) is 1. The summed E-state index contributed by atoms with van der Waals surface area (Å²) < 4.78 is 27.8. The summed E-state index contributed by atoms with van der Waals surface area (Å²) in [4.78, 5) is 41.2. The lowest BCUT2D eigenvalue weighted by Gasteiger charge is -2.24. The van der Waals surface area contributed by atoms with E-state index in [-0.39, 0.29) is 12.1 Å². The molecule has 2 heterocycles. The van der Waals surface area contributed by atoms with E-state index in [0.29, 0.717) is 6.54 Å². The molecule has 1 aromatic carbocycles. The van der Waals surface area contributed by atoms with Crippen molar-refractivity contribution >= 4 is 29.2 Å². The Balaban J connectivity index is 1.81. The largest absolute Gasteiger partial charge is 0.332 e. The standard InChI is InChI=1S/C20H19F2N3O3S/c1-3-8-24(11-14-5-4-9-29-14)17(26)12-25-18(27)20(2,23-19(25)28)15-10-13(21)6-7-16(15)22/h3-7,9-10H,1,8,11-12H2,2H3,(H,23,28)/t20-/m0/s1. The number of amides is 4. The molecule has 0 aliphatic carbocycles. The maximum Gasteiger partial charge on any atom is 0.325 e. The minimum atomic E-state index is -1.80. The number of imide groups is 1. The molecule has 1 atom stereocenters. The number of benzene rings is 1. The van der Waals surface area contributed by atoms with Crippen molar-refractivity contribution < 1.29 is 23.2 Å². The van der Waals surface area contributed by atoms with Crippen molar-refractivity contribution in [2.45, 2.75) is 19.0 Å². The Morgan fingerprint density at radius 2 is 2.10 bits per heavy atom. The first kappa shape index (κ1) is 20.7. The molecule has 152 valence electrons. The molecule has 9 heteroatoms. The van der Waals surface area contributed by atoms with Gasteiger partial charge in [-0.15, -0.1) is 17.9 Å². The number of thiophene rings is 1. The number of hydrogen-bond donors (Lipinski definition) is 1. The average Bonchev–Trinajstić information content (AvgIpc) is 3.26. The Labute approximate surface area is 170 Å². The number of urea groups is 1. The summed E-state index contributed by atoms with van der Waals surface area (Å²) in [6.45, 7) is 4.93. The van der Waals surface area contributed by atoms with Crippen molar-refractivity contribution in [2.75, 3.05) is 13.1 Å². The molecule has 1 fully saturated rings. The van der Waals surface area contributed by atoms with E-state index in [1.54, 1.807) is 6.08 Å². The number of carbonyl (C=O) groups is 3. The molecule has 3 rings (SSSR count). The zero-order chi connectivity index (χ0) is 21.2. The molecule has 0 spiro atoms. The van der Waals surface area contributed by atoms with Gasteiger partial charge in [-0.2, -0.15) is 0 Å². The smallest absolute Gasteiger partial charge is 0.325 e. The van der Waals surface area contributed by atoms with E-state index >= 15 is 0 Å². The van der Waals surface area contributed by atoms with Gasteiger partial charge in [-0.25, -0.2) is 13.6 Å². The summed E-state index contributed by atoms with van der Waals surface area (Å²) in [6.07, 6.45) is 1.55. The first-order chi connectivity index (χ1) is 13.8. The highest BCUT2D eigenvalue weighted by atomic mass is 32.1. The van der Waals surface area contributed by atoms with E-state index in [1.807, 2.05) is 17.5 Å². The molecule has 1 N–H and O–H groups in total. The predicted molar refractivity (Wildman–Crippen MR) is 104 cm³/mol. The maximum atomic E-state index is 14.2. The van der Waals surface area contributed by atoms with Crippen LogP contribution in [-0.2, 0) is 21.7 Å². The molecular weight excluding hydrogens is 400 g/mol. The fraction of sp³-hybridized carbons (Fsp3) is 0.250. The van der Waals surface area contributed by atoms with Crippen LogP contribution in [0.3, 0.4) is 0 Å². The van der Waals surface area contributed by atoms with E-state index in [2.05, 4.69) is 11.9 Å². The van der Waals surface area contributed by atoms with Crippen molar-refractivity contribution in [1.82, 2.24) is 15.1 Å². The summed E-state index contributed by atoms with van der Waals surface area (Å²) in [5, 5.41) is 4.26. The number of halogens is 2. The van der Waals surface area contributed by atoms with Crippen LogP contribution in [0.4, 0.5) is 13.6 Å². The highest BCUT2D eigenvalue weighted by Gasteiger charge is 2.51. The van der Waals surface area contributed by atoms with E-state index < -0.39 is 41.6 Å². The second kappa shape index (κ2) is 8.12. The molecule has 4 amide bonds. The number of hydrogen-bond acceptors (Lipinski definition) is 4. The van der Waals surface area contributed by atoms with Crippen molar-refractivity contribution in [3.8, 4) is 0 Å². The highest BCUT2D eigenvalue weighted by molar-refractivity contribution is 7.09. The van der Waals surface area contributed by atoms with Crippen LogP contribution < -0.4 is 5.32 Å². The quantitative estimate of drug-likeness (QED) is 0.554. The van der Waals surface area contributed by atoms with Gasteiger partial charge in [-0.1, -0.05) is 12.1 Å². The lowest BCUT2D eigenvalue weighted by molar-refractivity contribution is -0.139. The normalized spacial score (nSPS) is 18.7. The van der Waals surface area contributed by atoms with E-state index in [4.69, 9.17) is 0 Å². The van der Waals surface area contributed by atoms with Crippen molar-refractivity contribution in [2.24, 2.45) is 0 Å². The lowest BCUT2D eigenvalue weighted by Crippen LogP contribution is -2.44. The Morgan fingerprint density at radius 3 is 2.76 bits per heavy atom. The van der Waals surface area contributed by atoms with E-state index in [9.17, 15) is 23.2 Å². The van der Waals surface area contributed by atoms with E-state index in [1.165, 1.54) is 23.2 Å². The third-order valence-corrected chi connectivity index (χ3v) is 5.53. The average molecular weight is 419 g/mol. The van der Waals surface area contributed by atoms with E-state index in [0.717, 1.165) is 28.0 Å². The van der Waals surface area contributed by atoms with Gasteiger partial charge in [0, 0.05) is 17.0 Å². The molecule has 29 heavy (non-hydrogen) atoms. The first-order valence-electron chi connectivity index (χ1n) is 8.77. The molecule has 0 saturated carbocycles. The van der Waals surface area contributed by atoms with Crippen molar-refractivity contribution in [3.05, 3.63) is 70.4 Å². The third kappa shape index (κ3) is 4.04. The third-order valence-electron chi connectivity index (χ3n) is 4.66. The van der Waals surface area contributed by atoms with Gasteiger partial charge in [0.2, 0.25) is 5.91 Å². The molecule has 1 aromatic heterocycles. The van der Waals surface area contributed by atoms with Crippen molar-refractivity contribution in [1.29, 1.82) is 0 Å². The fourth-order valence-corrected chi connectivity index (χ4v) is 3.86. The molecular formula is C20H19F2N3O3S. The topological polar surface area (TPSA) is 69.7 Å². The Kier molecular flexibility index (Phi) is 5.78. The Hall–Kier alpha value is -3.07. The van der Waals surface area contributed by atoms with Gasteiger partial charge in [0.25, 0.3) is 5.91 Å². The highest BCUT2D eigenvalue weighted by Crippen LogP contribution is 2.31. The zero-order valence-electron chi connectivity index (χ0n) is 15.7. The minimum Gasteiger partial charge on any atom is -0.332 e. The summed E-state index contributed by atoms with van der Waals surface area (Å²) in [5.74, 6) is -2.87. The second-order valence-electron chi connectivity index (χ2n) is 6.71. The van der Waals surface area contributed by atoms with Crippen LogP contribution in [-0.4, -0.2) is 40.7 Å².